The summed E-state index contributed by atoms with van der Waals surface area (Å²) in [7, 11) is 1.18. The molecule has 1 aromatic heterocycles. The van der Waals surface area contributed by atoms with Crippen molar-refractivity contribution in [3.05, 3.63) is 29.6 Å². The van der Waals surface area contributed by atoms with E-state index in [1.54, 1.807) is 44.3 Å². The highest BCUT2D eigenvalue weighted by Gasteiger charge is 2.38. The molecule has 1 aromatic rings. The van der Waals surface area contributed by atoms with Gasteiger partial charge in [-0.05, 0) is 52.2 Å². The second-order valence-corrected chi connectivity index (χ2v) is 9.37. The molecule has 1 unspecified atom stereocenters. The minimum absolute atomic E-state index is 0.0208. The third-order valence-corrected chi connectivity index (χ3v) is 5.94. The molecule has 0 aliphatic rings. The number of alkyl halides is 3. The number of rotatable bonds is 20. The van der Waals surface area contributed by atoms with Crippen LogP contribution in [0.4, 0.5) is 13.2 Å². The van der Waals surface area contributed by atoms with Gasteiger partial charge in [-0.25, -0.2) is 0 Å². The van der Waals surface area contributed by atoms with Crippen LogP contribution in [0.5, 0.6) is 0 Å². The lowest BCUT2D eigenvalue weighted by Gasteiger charge is -2.29. The molecular formula is C28H41F3N4O9. The number of unbranched alkanes of at least 4 members (excludes halogenated alkanes) is 1. The average molecular weight is 635 g/mol. The first-order valence-corrected chi connectivity index (χ1v) is 14.1. The van der Waals surface area contributed by atoms with Crippen LogP contribution >= 0.6 is 0 Å². The first-order chi connectivity index (χ1) is 20.8. The number of methoxy groups -OCH3 is 1. The third-order valence-electron chi connectivity index (χ3n) is 5.94. The summed E-state index contributed by atoms with van der Waals surface area (Å²) in [6, 6.07) is 4.03. The van der Waals surface area contributed by atoms with Crippen molar-refractivity contribution in [2.45, 2.75) is 65.3 Å². The topological polar surface area (TPSA) is 154 Å². The Morgan fingerprint density at radius 3 is 1.93 bits per heavy atom. The van der Waals surface area contributed by atoms with E-state index in [-0.39, 0.29) is 78.4 Å². The van der Waals surface area contributed by atoms with Gasteiger partial charge in [-0.15, -0.1) is 0 Å². The first-order valence-electron chi connectivity index (χ1n) is 14.1. The number of ether oxygens (including phenoxy) is 4. The summed E-state index contributed by atoms with van der Waals surface area (Å²) < 4.78 is 57.3. The van der Waals surface area contributed by atoms with Crippen LogP contribution in [-0.2, 0) is 56.0 Å². The molecule has 1 heterocycles. The zero-order valence-electron chi connectivity index (χ0n) is 25.4. The molecule has 0 bridgehead atoms. The van der Waals surface area contributed by atoms with E-state index in [2.05, 4.69) is 4.98 Å². The van der Waals surface area contributed by atoms with E-state index in [0.717, 1.165) is 0 Å². The Balaban J connectivity index is 3.14. The van der Waals surface area contributed by atoms with Crippen LogP contribution in [0.1, 0.15) is 51.4 Å². The highest BCUT2D eigenvalue weighted by Crippen LogP contribution is 2.17. The molecular weight excluding hydrogens is 593 g/mol. The van der Waals surface area contributed by atoms with E-state index in [4.69, 9.17) is 18.9 Å². The smallest absolute Gasteiger partial charge is 0.468 e. The second-order valence-electron chi connectivity index (χ2n) is 9.37. The number of esters is 4. The second kappa shape index (κ2) is 20.2. The van der Waals surface area contributed by atoms with Gasteiger partial charge < -0.3 is 24.3 Å². The number of hydrogen-bond acceptors (Lipinski definition) is 12. The van der Waals surface area contributed by atoms with Gasteiger partial charge in [0.1, 0.15) is 6.04 Å². The fourth-order valence-corrected chi connectivity index (χ4v) is 4.05. The van der Waals surface area contributed by atoms with E-state index >= 15 is 0 Å². The van der Waals surface area contributed by atoms with Crippen molar-refractivity contribution in [2.24, 2.45) is 0 Å². The van der Waals surface area contributed by atoms with Gasteiger partial charge in [-0.2, -0.15) is 13.2 Å². The van der Waals surface area contributed by atoms with Crippen LogP contribution in [0.2, 0.25) is 0 Å². The maximum absolute atomic E-state index is 12.9. The van der Waals surface area contributed by atoms with Gasteiger partial charge in [-0.3, -0.25) is 38.8 Å². The molecule has 0 aliphatic carbocycles. The Bertz CT molecular complexity index is 1070. The number of carbonyl (C=O) groups excluding carboxylic acids is 5. The number of nitrogens with zero attached hydrogens (tertiary/aromatic N) is 3. The van der Waals surface area contributed by atoms with Gasteiger partial charge in [-0.1, -0.05) is 6.07 Å². The maximum Gasteiger partial charge on any atom is 0.471 e. The summed E-state index contributed by atoms with van der Waals surface area (Å²) in [5.74, 6) is -4.43. The summed E-state index contributed by atoms with van der Waals surface area (Å²) in [5, 5.41) is 1.78. The quantitative estimate of drug-likeness (QED) is 0.126. The zero-order valence-corrected chi connectivity index (χ0v) is 25.4. The summed E-state index contributed by atoms with van der Waals surface area (Å²) in [6.45, 7) is 4.39. The third kappa shape index (κ3) is 15.1. The molecule has 0 radical (unpaired) electrons. The van der Waals surface area contributed by atoms with Crippen LogP contribution in [-0.4, -0.2) is 110 Å². The Kier molecular flexibility index (Phi) is 17.6. The van der Waals surface area contributed by atoms with Gasteiger partial charge in [0, 0.05) is 19.6 Å². The minimum atomic E-state index is -5.00. The molecule has 44 heavy (non-hydrogen) atoms. The van der Waals surface area contributed by atoms with Crippen molar-refractivity contribution in [1.82, 2.24) is 20.1 Å². The average Bonchev–Trinajstić information content (AvgIpc) is 2.94. The number of pyridine rings is 1. The van der Waals surface area contributed by atoms with Gasteiger partial charge in [0.2, 0.25) is 0 Å². The monoisotopic (exact) mass is 634 g/mol. The molecule has 0 aliphatic heterocycles. The summed E-state index contributed by atoms with van der Waals surface area (Å²) >= 11 is 0. The Labute approximate surface area is 254 Å². The largest absolute Gasteiger partial charge is 0.471 e. The molecule has 1 N–H and O–H groups in total. The predicted octanol–water partition coefficient (Wildman–Crippen LogP) is 1.77. The molecule has 0 aromatic carbocycles. The van der Waals surface area contributed by atoms with E-state index < -0.39 is 42.0 Å². The lowest BCUT2D eigenvalue weighted by atomic mass is 10.1. The predicted molar refractivity (Wildman–Crippen MR) is 149 cm³/mol. The number of halogens is 3. The van der Waals surface area contributed by atoms with E-state index in [0.29, 0.717) is 11.4 Å². The number of amides is 1. The summed E-state index contributed by atoms with van der Waals surface area (Å²) in [4.78, 5) is 68.1. The Morgan fingerprint density at radius 1 is 0.841 bits per heavy atom. The van der Waals surface area contributed by atoms with E-state index in [1.165, 1.54) is 16.9 Å². The van der Waals surface area contributed by atoms with Crippen molar-refractivity contribution in [1.29, 1.82) is 0 Å². The molecule has 0 saturated heterocycles. The molecule has 13 nitrogen and oxygen atoms in total. The van der Waals surface area contributed by atoms with Crippen LogP contribution in [0.15, 0.2) is 18.2 Å². The number of carbonyl (C=O) groups is 5. The SMILES string of the molecule is CCOC(=O)CN(CC(=O)OCC)Cc1cccc(CN(CC(=O)OC)C(CCCCNC(=O)C(F)(F)F)C(=O)OCC)n1. The number of hydrogen-bond donors (Lipinski definition) is 1. The lowest BCUT2D eigenvalue weighted by Crippen LogP contribution is -2.45. The fourth-order valence-electron chi connectivity index (χ4n) is 4.05. The van der Waals surface area contributed by atoms with Crippen molar-refractivity contribution >= 4 is 29.8 Å². The Hall–Kier alpha value is -3.79. The van der Waals surface area contributed by atoms with Crippen molar-refractivity contribution in [3.8, 4) is 0 Å². The highest BCUT2D eigenvalue weighted by atomic mass is 19.4. The highest BCUT2D eigenvalue weighted by molar-refractivity contribution is 5.81. The van der Waals surface area contributed by atoms with Crippen LogP contribution in [0, 0.1) is 0 Å². The number of nitrogens with one attached hydrogen (secondary N) is 1. The molecule has 1 amide bonds. The normalized spacial score (nSPS) is 12.0. The molecule has 0 fully saturated rings. The maximum atomic E-state index is 12.9. The van der Waals surface area contributed by atoms with Crippen LogP contribution in [0.25, 0.3) is 0 Å². The summed E-state index contributed by atoms with van der Waals surface area (Å²) in [6.07, 6.45) is -4.54. The molecule has 1 atom stereocenters. The van der Waals surface area contributed by atoms with Crippen molar-refractivity contribution < 1.29 is 56.1 Å². The van der Waals surface area contributed by atoms with Crippen LogP contribution < -0.4 is 5.32 Å². The first kappa shape index (κ1) is 38.2. The fraction of sp³-hybridized carbons (Fsp3) is 0.643. The number of aromatic nitrogens is 1. The molecule has 248 valence electrons. The van der Waals surface area contributed by atoms with Gasteiger partial charge in [0.15, 0.2) is 0 Å². The van der Waals surface area contributed by atoms with Crippen molar-refractivity contribution in [2.75, 3.05) is 53.1 Å². The summed E-state index contributed by atoms with van der Waals surface area (Å²) in [5.41, 5.74) is 0.910. The molecule has 16 heteroatoms. The van der Waals surface area contributed by atoms with E-state index in [1.807, 2.05) is 0 Å². The lowest BCUT2D eigenvalue weighted by molar-refractivity contribution is -0.173. The zero-order chi connectivity index (χ0) is 33.1. The van der Waals surface area contributed by atoms with E-state index in [9.17, 15) is 37.1 Å². The minimum Gasteiger partial charge on any atom is -0.468 e. The van der Waals surface area contributed by atoms with Crippen LogP contribution in [0.3, 0.4) is 0 Å². The van der Waals surface area contributed by atoms with Gasteiger partial charge >= 0.3 is 36.0 Å². The van der Waals surface area contributed by atoms with Gasteiger partial charge in [0.05, 0.1) is 58.0 Å². The molecule has 0 saturated carbocycles. The Morgan fingerprint density at radius 2 is 1.41 bits per heavy atom. The molecule has 1 rings (SSSR count). The van der Waals surface area contributed by atoms with Gasteiger partial charge in [0.25, 0.3) is 0 Å². The molecule has 0 spiro atoms. The van der Waals surface area contributed by atoms with Crippen molar-refractivity contribution in [3.63, 3.8) is 0 Å². The standard InChI is InChI=1S/C28H41F3N4O9/c1-5-42-24(37)17-34(18-25(38)43-6-2)15-20-11-10-12-21(33-20)16-35(19-23(36)41-4)22(26(39)44-7-3)13-8-9-14-32-27(40)28(29,30)31/h10-12,22H,5-9,13-19H2,1-4H3,(H,32,40).